The zero-order valence-corrected chi connectivity index (χ0v) is 12.0. The van der Waals surface area contributed by atoms with E-state index in [0.717, 1.165) is 37.2 Å². The molecule has 2 N–H and O–H groups in total. The number of fused-ring (bicyclic) bond motifs is 1. The van der Waals surface area contributed by atoms with E-state index >= 15 is 0 Å². The number of rotatable bonds is 2. The highest BCUT2D eigenvalue weighted by Gasteiger charge is 2.38. The first-order valence-corrected chi connectivity index (χ1v) is 7.11. The van der Waals surface area contributed by atoms with Crippen molar-refractivity contribution in [3.05, 3.63) is 29.3 Å². The largest absolute Gasteiger partial charge is 0.487 e. The maximum Gasteiger partial charge on any atom is 0.123 e. The Kier molecular flexibility index (Phi) is 2.88. The van der Waals surface area contributed by atoms with Crippen molar-refractivity contribution in [2.75, 3.05) is 6.61 Å². The van der Waals surface area contributed by atoms with Gasteiger partial charge in [0.25, 0.3) is 0 Å². The summed E-state index contributed by atoms with van der Waals surface area (Å²) in [5, 5.41) is 0. The summed E-state index contributed by atoms with van der Waals surface area (Å²) in [6, 6.07) is 6.26. The lowest BCUT2D eigenvalue weighted by atomic mass is 9.87. The first-order chi connectivity index (χ1) is 8.90. The van der Waals surface area contributed by atoms with Gasteiger partial charge in [0.1, 0.15) is 11.4 Å². The minimum Gasteiger partial charge on any atom is -0.487 e. The SMILES string of the molecule is CC1(C)Cc2cc(C(N)C3(C)CCCO3)ccc2O1. The summed E-state index contributed by atoms with van der Waals surface area (Å²) in [6.45, 7) is 7.19. The van der Waals surface area contributed by atoms with Gasteiger partial charge in [0.15, 0.2) is 0 Å². The molecule has 2 heterocycles. The highest BCUT2D eigenvalue weighted by Crippen LogP contribution is 2.40. The van der Waals surface area contributed by atoms with E-state index in [1.54, 1.807) is 0 Å². The van der Waals surface area contributed by atoms with Gasteiger partial charge in [-0.15, -0.1) is 0 Å². The molecule has 104 valence electrons. The van der Waals surface area contributed by atoms with E-state index in [1.807, 2.05) is 0 Å². The summed E-state index contributed by atoms with van der Waals surface area (Å²) in [5.74, 6) is 0.999. The molecular weight excluding hydrogens is 238 g/mol. The Morgan fingerprint density at radius 3 is 2.74 bits per heavy atom. The predicted molar refractivity (Wildman–Crippen MR) is 75.4 cm³/mol. The van der Waals surface area contributed by atoms with Crippen molar-refractivity contribution in [1.82, 2.24) is 0 Å². The molecule has 1 aromatic rings. The molecule has 1 saturated heterocycles. The van der Waals surface area contributed by atoms with Gasteiger partial charge < -0.3 is 15.2 Å². The van der Waals surface area contributed by atoms with Crippen molar-refractivity contribution < 1.29 is 9.47 Å². The van der Waals surface area contributed by atoms with Crippen molar-refractivity contribution in [3.8, 4) is 5.75 Å². The fourth-order valence-corrected chi connectivity index (χ4v) is 3.22. The average molecular weight is 261 g/mol. The Labute approximate surface area is 115 Å². The van der Waals surface area contributed by atoms with Gasteiger partial charge in [0, 0.05) is 13.0 Å². The lowest BCUT2D eigenvalue weighted by Crippen LogP contribution is -2.37. The standard InChI is InChI=1S/C16H23NO2/c1-15(2)10-12-9-11(5-6-13(12)19-15)14(17)16(3)7-4-8-18-16/h5-6,9,14H,4,7-8,10,17H2,1-3H3. The molecule has 3 heteroatoms. The normalized spacial score (nSPS) is 29.9. The Hall–Kier alpha value is -1.06. The van der Waals surface area contributed by atoms with Crippen molar-refractivity contribution in [2.45, 2.75) is 57.3 Å². The van der Waals surface area contributed by atoms with E-state index in [0.29, 0.717) is 0 Å². The molecule has 1 aromatic carbocycles. The fourth-order valence-electron chi connectivity index (χ4n) is 3.22. The molecule has 3 rings (SSSR count). The first kappa shape index (κ1) is 12.9. The Morgan fingerprint density at radius 2 is 2.05 bits per heavy atom. The number of hydrogen-bond acceptors (Lipinski definition) is 3. The molecule has 0 radical (unpaired) electrons. The van der Waals surface area contributed by atoms with Crippen LogP contribution in [-0.2, 0) is 11.2 Å². The molecule has 2 aliphatic rings. The van der Waals surface area contributed by atoms with Crippen molar-refractivity contribution in [2.24, 2.45) is 5.73 Å². The number of benzene rings is 1. The second kappa shape index (κ2) is 4.22. The second-order valence-corrected chi connectivity index (χ2v) is 6.65. The average Bonchev–Trinajstić information content (AvgIpc) is 2.90. The molecule has 0 aliphatic carbocycles. The maximum atomic E-state index is 6.43. The molecule has 2 atom stereocenters. The third kappa shape index (κ3) is 2.26. The van der Waals surface area contributed by atoms with Crippen molar-refractivity contribution in [3.63, 3.8) is 0 Å². The first-order valence-electron chi connectivity index (χ1n) is 7.11. The van der Waals surface area contributed by atoms with Gasteiger partial charge in [-0.25, -0.2) is 0 Å². The number of ether oxygens (including phenoxy) is 2. The van der Waals surface area contributed by atoms with Gasteiger partial charge in [0.2, 0.25) is 0 Å². The summed E-state index contributed by atoms with van der Waals surface area (Å²) in [5.41, 5.74) is 8.53. The zero-order valence-electron chi connectivity index (χ0n) is 12.0. The molecular formula is C16H23NO2. The third-order valence-corrected chi connectivity index (χ3v) is 4.35. The molecule has 0 amide bonds. The van der Waals surface area contributed by atoms with Gasteiger partial charge in [-0.05, 0) is 50.8 Å². The van der Waals surface area contributed by atoms with Gasteiger partial charge in [-0.2, -0.15) is 0 Å². The lowest BCUT2D eigenvalue weighted by Gasteiger charge is -2.30. The van der Waals surface area contributed by atoms with E-state index in [1.165, 1.54) is 5.56 Å². The Bertz CT molecular complexity index is 490. The van der Waals surface area contributed by atoms with Crippen molar-refractivity contribution in [1.29, 1.82) is 0 Å². The van der Waals surface area contributed by atoms with E-state index in [9.17, 15) is 0 Å². The zero-order chi connectivity index (χ0) is 13.7. The van der Waals surface area contributed by atoms with Crippen LogP contribution in [0.2, 0.25) is 0 Å². The van der Waals surface area contributed by atoms with Gasteiger partial charge in [-0.1, -0.05) is 12.1 Å². The molecule has 0 saturated carbocycles. The Morgan fingerprint density at radius 1 is 1.26 bits per heavy atom. The molecule has 2 unspecified atom stereocenters. The minimum absolute atomic E-state index is 0.0657. The van der Waals surface area contributed by atoms with Crippen LogP contribution in [-0.4, -0.2) is 17.8 Å². The minimum atomic E-state index is -0.219. The lowest BCUT2D eigenvalue weighted by molar-refractivity contribution is -0.00175. The summed E-state index contributed by atoms with van der Waals surface area (Å²) < 4.78 is 11.8. The maximum absolute atomic E-state index is 6.43. The monoisotopic (exact) mass is 261 g/mol. The van der Waals surface area contributed by atoms with Crippen LogP contribution in [0.1, 0.15) is 50.8 Å². The Balaban J connectivity index is 1.88. The van der Waals surface area contributed by atoms with Crippen molar-refractivity contribution >= 4 is 0 Å². The van der Waals surface area contributed by atoms with E-state index in [4.69, 9.17) is 15.2 Å². The van der Waals surface area contributed by atoms with Crippen LogP contribution in [0.25, 0.3) is 0 Å². The molecule has 2 aliphatic heterocycles. The summed E-state index contributed by atoms with van der Waals surface area (Å²) in [7, 11) is 0. The van der Waals surface area contributed by atoms with Crippen LogP contribution < -0.4 is 10.5 Å². The van der Waals surface area contributed by atoms with E-state index < -0.39 is 0 Å². The molecule has 3 nitrogen and oxygen atoms in total. The molecule has 19 heavy (non-hydrogen) atoms. The van der Waals surface area contributed by atoms with Gasteiger partial charge >= 0.3 is 0 Å². The molecule has 1 fully saturated rings. The molecule has 0 aromatic heterocycles. The topological polar surface area (TPSA) is 44.5 Å². The van der Waals surface area contributed by atoms with Gasteiger partial charge in [0.05, 0.1) is 11.6 Å². The summed E-state index contributed by atoms with van der Waals surface area (Å²) in [6.07, 6.45) is 3.08. The van der Waals surface area contributed by atoms with Crippen LogP contribution in [0.15, 0.2) is 18.2 Å². The van der Waals surface area contributed by atoms with Crippen LogP contribution >= 0.6 is 0 Å². The third-order valence-electron chi connectivity index (χ3n) is 4.35. The highest BCUT2D eigenvalue weighted by atomic mass is 16.5. The molecule has 0 bridgehead atoms. The smallest absolute Gasteiger partial charge is 0.123 e. The van der Waals surface area contributed by atoms with E-state index in [2.05, 4.69) is 39.0 Å². The highest BCUT2D eigenvalue weighted by molar-refractivity contribution is 5.43. The van der Waals surface area contributed by atoms with Crippen LogP contribution in [0.4, 0.5) is 0 Å². The van der Waals surface area contributed by atoms with Crippen LogP contribution in [0, 0.1) is 0 Å². The number of nitrogens with two attached hydrogens (primary N) is 1. The predicted octanol–water partition coefficient (Wildman–Crippen LogP) is 2.97. The van der Waals surface area contributed by atoms with Crippen LogP contribution in [0.3, 0.4) is 0 Å². The van der Waals surface area contributed by atoms with E-state index in [-0.39, 0.29) is 17.2 Å². The quantitative estimate of drug-likeness (QED) is 0.890. The number of hydrogen-bond donors (Lipinski definition) is 1. The second-order valence-electron chi connectivity index (χ2n) is 6.65. The summed E-state index contributed by atoms with van der Waals surface area (Å²) in [4.78, 5) is 0. The fraction of sp³-hybridized carbons (Fsp3) is 0.625. The summed E-state index contributed by atoms with van der Waals surface area (Å²) >= 11 is 0. The van der Waals surface area contributed by atoms with Gasteiger partial charge in [-0.3, -0.25) is 0 Å². The molecule has 0 spiro atoms. The van der Waals surface area contributed by atoms with Crippen LogP contribution in [0.5, 0.6) is 5.75 Å².